The molecule has 6 nitrogen and oxygen atoms in total. The first-order chi connectivity index (χ1) is 16.9. The van der Waals surface area contributed by atoms with Crippen LogP contribution in [0.3, 0.4) is 0 Å². The summed E-state index contributed by atoms with van der Waals surface area (Å²) < 4.78 is 74.4. The zero-order chi connectivity index (χ0) is 26.1. The predicted molar refractivity (Wildman–Crippen MR) is 128 cm³/mol. The summed E-state index contributed by atoms with van der Waals surface area (Å²) in [6, 6.07) is 18.1. The molecule has 190 valence electrons. The minimum absolute atomic E-state index is 0.193. The van der Waals surface area contributed by atoms with Gasteiger partial charge in [0, 0.05) is 18.5 Å². The molecule has 0 fully saturated rings. The Kier molecular flexibility index (Phi) is 6.99. The van der Waals surface area contributed by atoms with Gasteiger partial charge in [0.15, 0.2) is 15.9 Å². The molecule has 1 atom stereocenters. The van der Waals surface area contributed by atoms with Gasteiger partial charge in [-0.1, -0.05) is 30.3 Å². The fraction of sp³-hybridized carbons (Fsp3) is 0.269. The van der Waals surface area contributed by atoms with E-state index in [1.807, 2.05) is 36.4 Å². The van der Waals surface area contributed by atoms with Crippen molar-refractivity contribution < 1.29 is 35.9 Å². The summed E-state index contributed by atoms with van der Waals surface area (Å²) >= 11 is 0. The van der Waals surface area contributed by atoms with E-state index in [0.29, 0.717) is 24.5 Å². The molecular weight excluding hydrogens is 495 g/mol. The van der Waals surface area contributed by atoms with Crippen LogP contribution in [0.25, 0.3) is 0 Å². The molecule has 0 aliphatic carbocycles. The molecule has 1 aliphatic heterocycles. The van der Waals surface area contributed by atoms with Gasteiger partial charge in [-0.05, 0) is 60.9 Å². The molecule has 0 saturated heterocycles. The third-order valence-electron chi connectivity index (χ3n) is 5.81. The number of rotatable bonds is 7. The number of benzene rings is 3. The van der Waals surface area contributed by atoms with Crippen LogP contribution >= 0.6 is 0 Å². The van der Waals surface area contributed by atoms with Crippen LogP contribution in [0.4, 0.5) is 18.9 Å². The zero-order valence-electron chi connectivity index (χ0n) is 19.6. The Labute approximate surface area is 207 Å². The van der Waals surface area contributed by atoms with Gasteiger partial charge in [-0.3, -0.25) is 4.79 Å². The number of hydrogen-bond donors (Lipinski definition) is 0. The van der Waals surface area contributed by atoms with Crippen LogP contribution < -0.4 is 14.4 Å². The van der Waals surface area contributed by atoms with Gasteiger partial charge in [-0.25, -0.2) is 8.42 Å². The van der Waals surface area contributed by atoms with Crippen molar-refractivity contribution in [1.82, 2.24) is 0 Å². The molecule has 4 rings (SSSR count). The number of fused-ring (bicyclic) bond motifs is 1. The van der Waals surface area contributed by atoms with E-state index in [1.54, 1.807) is 12.1 Å². The summed E-state index contributed by atoms with van der Waals surface area (Å²) in [5.41, 5.74) is 2.15. The normalized spacial score (nSPS) is 14.3. The fourth-order valence-electron chi connectivity index (χ4n) is 3.83. The number of anilines is 1. The minimum Gasteiger partial charge on any atom is -0.489 e. The number of nitrogens with zero attached hydrogens (tertiary/aromatic N) is 1. The zero-order valence-corrected chi connectivity index (χ0v) is 20.4. The lowest BCUT2D eigenvalue weighted by Crippen LogP contribution is -2.33. The number of amides is 1. The van der Waals surface area contributed by atoms with Crippen molar-refractivity contribution in [1.29, 1.82) is 0 Å². The minimum atomic E-state index is -4.66. The lowest BCUT2D eigenvalue weighted by atomic mass is 10.1. The molecule has 1 aliphatic rings. The molecule has 3 aromatic rings. The van der Waals surface area contributed by atoms with Gasteiger partial charge in [0.2, 0.25) is 0 Å². The summed E-state index contributed by atoms with van der Waals surface area (Å²) in [7, 11) is -3.72. The van der Waals surface area contributed by atoms with Gasteiger partial charge in [0.05, 0.1) is 10.5 Å². The Morgan fingerprint density at radius 3 is 2.44 bits per heavy atom. The molecular formula is C26H24F3NO5S. The topological polar surface area (TPSA) is 72.9 Å². The quantitative estimate of drug-likeness (QED) is 0.429. The Morgan fingerprint density at radius 1 is 1.06 bits per heavy atom. The predicted octanol–water partition coefficient (Wildman–Crippen LogP) is 5.20. The molecule has 1 heterocycles. The fourth-order valence-corrected chi connectivity index (χ4v) is 4.48. The van der Waals surface area contributed by atoms with Crippen molar-refractivity contribution in [3.05, 3.63) is 83.4 Å². The molecule has 0 aromatic heterocycles. The third-order valence-corrected chi connectivity index (χ3v) is 6.92. The van der Waals surface area contributed by atoms with Crippen molar-refractivity contribution in [2.45, 2.75) is 37.1 Å². The lowest BCUT2D eigenvalue weighted by Gasteiger charge is -2.23. The van der Waals surface area contributed by atoms with Gasteiger partial charge >= 0.3 is 6.18 Å². The first-order valence-corrected chi connectivity index (χ1v) is 13.0. The highest BCUT2D eigenvalue weighted by Gasteiger charge is 2.39. The number of carbonyl (C=O) groups is 1. The SMILES string of the molecule is C[C@H](Oc1ccc(S(C)(=O)=O)cc1C(=O)N1CCc2cc(OCc3ccccc3)ccc21)C(F)(F)F. The average Bonchev–Trinajstić information content (AvgIpc) is 3.25. The van der Waals surface area contributed by atoms with E-state index >= 15 is 0 Å². The highest BCUT2D eigenvalue weighted by Crippen LogP contribution is 2.35. The Morgan fingerprint density at radius 2 is 1.78 bits per heavy atom. The third kappa shape index (κ3) is 5.64. The van der Waals surface area contributed by atoms with E-state index in [4.69, 9.17) is 9.47 Å². The van der Waals surface area contributed by atoms with Gasteiger partial charge in [0.1, 0.15) is 18.1 Å². The smallest absolute Gasteiger partial charge is 0.425 e. The molecule has 3 aromatic carbocycles. The van der Waals surface area contributed by atoms with E-state index in [9.17, 15) is 26.4 Å². The second kappa shape index (κ2) is 9.85. The molecule has 0 radical (unpaired) electrons. The number of ether oxygens (including phenoxy) is 2. The van der Waals surface area contributed by atoms with Crippen LogP contribution in [0, 0.1) is 0 Å². The highest BCUT2D eigenvalue weighted by atomic mass is 32.2. The highest BCUT2D eigenvalue weighted by molar-refractivity contribution is 7.90. The van der Waals surface area contributed by atoms with Crippen molar-refractivity contribution in [3.8, 4) is 11.5 Å². The molecule has 0 N–H and O–H groups in total. The first kappa shape index (κ1) is 25.6. The largest absolute Gasteiger partial charge is 0.489 e. The summed E-state index contributed by atoms with van der Waals surface area (Å²) in [4.78, 5) is 14.7. The number of halogens is 3. The molecule has 0 unspecified atom stereocenters. The molecule has 0 saturated carbocycles. The van der Waals surface area contributed by atoms with Gasteiger partial charge in [-0.15, -0.1) is 0 Å². The van der Waals surface area contributed by atoms with Crippen LogP contribution in [0.5, 0.6) is 11.5 Å². The number of hydrogen-bond acceptors (Lipinski definition) is 5. The van der Waals surface area contributed by atoms with Gasteiger partial charge < -0.3 is 14.4 Å². The summed E-state index contributed by atoms with van der Waals surface area (Å²) in [5, 5.41) is 0. The first-order valence-electron chi connectivity index (χ1n) is 11.1. The second-order valence-electron chi connectivity index (χ2n) is 8.50. The lowest BCUT2D eigenvalue weighted by molar-refractivity contribution is -0.189. The number of sulfone groups is 1. The van der Waals surface area contributed by atoms with Crippen LogP contribution in [0.15, 0.2) is 71.6 Å². The number of carbonyl (C=O) groups excluding carboxylic acids is 1. The summed E-state index contributed by atoms with van der Waals surface area (Å²) in [6.45, 7) is 1.47. The monoisotopic (exact) mass is 519 g/mol. The van der Waals surface area contributed by atoms with E-state index < -0.39 is 28.0 Å². The van der Waals surface area contributed by atoms with Crippen molar-refractivity contribution in [2.24, 2.45) is 0 Å². The van der Waals surface area contributed by atoms with Gasteiger partial charge in [0.25, 0.3) is 5.91 Å². The van der Waals surface area contributed by atoms with Crippen LogP contribution in [0.2, 0.25) is 0 Å². The average molecular weight is 520 g/mol. The van der Waals surface area contributed by atoms with Gasteiger partial charge in [-0.2, -0.15) is 13.2 Å². The summed E-state index contributed by atoms with van der Waals surface area (Å²) in [6.07, 6.45) is -5.39. The maximum atomic E-state index is 13.5. The standard InChI is InChI=1S/C26H24F3NO5S/c1-17(26(27,28)29)35-24-11-9-21(36(2,32)33)15-22(24)25(31)30-13-12-19-14-20(8-10-23(19)30)34-16-18-6-4-3-5-7-18/h3-11,14-15,17H,12-13,16H2,1-2H3/t17-/m0/s1. The maximum Gasteiger partial charge on any atom is 0.425 e. The number of alkyl halides is 3. The van der Waals surface area contributed by atoms with Crippen molar-refractivity contribution >= 4 is 21.4 Å². The van der Waals surface area contributed by atoms with Crippen LogP contribution in [-0.2, 0) is 22.9 Å². The van der Waals surface area contributed by atoms with Crippen molar-refractivity contribution in [3.63, 3.8) is 0 Å². The van der Waals surface area contributed by atoms with E-state index in [2.05, 4.69) is 0 Å². The van der Waals surface area contributed by atoms with E-state index in [1.165, 1.54) is 4.90 Å². The van der Waals surface area contributed by atoms with E-state index in [-0.39, 0.29) is 22.8 Å². The molecule has 10 heteroatoms. The van der Waals surface area contributed by atoms with Crippen molar-refractivity contribution in [2.75, 3.05) is 17.7 Å². The molecule has 1 amide bonds. The molecule has 0 spiro atoms. The molecule has 0 bridgehead atoms. The summed E-state index contributed by atoms with van der Waals surface area (Å²) in [5.74, 6) is -0.371. The molecule has 36 heavy (non-hydrogen) atoms. The second-order valence-corrected chi connectivity index (χ2v) is 10.5. The maximum absolute atomic E-state index is 13.5. The Bertz CT molecular complexity index is 1370. The van der Waals surface area contributed by atoms with E-state index in [0.717, 1.165) is 42.5 Å². The Hall–Kier alpha value is -3.53. The van der Waals surface area contributed by atoms with Crippen LogP contribution in [0.1, 0.15) is 28.4 Å². The van der Waals surface area contributed by atoms with Crippen LogP contribution in [-0.4, -0.2) is 39.4 Å². The Balaban J connectivity index is 1.61.